The Bertz CT molecular complexity index is 638. The minimum absolute atomic E-state index is 0.418. The Morgan fingerprint density at radius 2 is 1.48 bits per heavy atom. The van der Waals surface area contributed by atoms with E-state index in [4.69, 9.17) is 0 Å². The summed E-state index contributed by atoms with van der Waals surface area (Å²) < 4.78 is 0. The second-order valence-corrected chi connectivity index (χ2v) is 13.3. The van der Waals surface area contributed by atoms with E-state index in [1.165, 1.54) is 110 Å². The summed E-state index contributed by atoms with van der Waals surface area (Å²) in [4.78, 5) is 8.32. The first-order valence-corrected chi connectivity index (χ1v) is 14.6. The van der Waals surface area contributed by atoms with Crippen molar-refractivity contribution in [3.8, 4) is 0 Å². The molecule has 0 radical (unpaired) electrons. The van der Waals surface area contributed by atoms with Crippen LogP contribution in [0.4, 0.5) is 0 Å². The van der Waals surface area contributed by atoms with Crippen molar-refractivity contribution < 1.29 is 0 Å². The largest absolute Gasteiger partial charge is 0.316 e. The standard InChI is InChI=1S/C28H53N5/c1-22(2)31-13-6-25(7-14-31)17-23(3)33-16-11-28(21-33)8-5-26(30-28)18-24(4)32-15-10-27(20-32)9-12-29-19-27/h22-26,29-30H,5-21H2,1-4H3. The molecule has 33 heavy (non-hydrogen) atoms. The third-order valence-electron chi connectivity index (χ3n) is 10.6. The van der Waals surface area contributed by atoms with Crippen molar-refractivity contribution in [2.75, 3.05) is 52.4 Å². The molecular weight excluding hydrogens is 406 g/mol. The average Bonchev–Trinajstić information content (AvgIpc) is 3.59. The normalized spacial score (nSPS) is 39.0. The maximum absolute atomic E-state index is 4.20. The molecule has 5 heteroatoms. The van der Waals surface area contributed by atoms with Crippen LogP contribution < -0.4 is 10.6 Å². The van der Waals surface area contributed by atoms with Gasteiger partial charge in [-0.1, -0.05) is 0 Å². The van der Waals surface area contributed by atoms with Gasteiger partial charge in [-0.15, -0.1) is 0 Å². The van der Waals surface area contributed by atoms with Gasteiger partial charge in [-0.2, -0.15) is 0 Å². The number of nitrogens with zero attached hydrogens (tertiary/aromatic N) is 3. The Kier molecular flexibility index (Phi) is 7.46. The van der Waals surface area contributed by atoms with E-state index in [1.807, 2.05) is 0 Å². The molecule has 5 unspecified atom stereocenters. The summed E-state index contributed by atoms with van der Waals surface area (Å²) in [6.07, 6.45) is 12.5. The second-order valence-electron chi connectivity index (χ2n) is 13.3. The molecule has 5 heterocycles. The fraction of sp³-hybridized carbons (Fsp3) is 1.00. The lowest BCUT2D eigenvalue weighted by atomic mass is 9.86. The number of rotatable bonds is 7. The van der Waals surface area contributed by atoms with Crippen LogP contribution in [0.15, 0.2) is 0 Å². The highest BCUT2D eigenvalue weighted by atomic mass is 15.3. The van der Waals surface area contributed by atoms with Gasteiger partial charge >= 0.3 is 0 Å². The lowest BCUT2D eigenvalue weighted by molar-refractivity contribution is 0.123. The molecule has 5 fully saturated rings. The summed E-state index contributed by atoms with van der Waals surface area (Å²) in [6, 6.07) is 2.93. The zero-order chi connectivity index (χ0) is 23.1. The highest BCUT2D eigenvalue weighted by Gasteiger charge is 2.46. The van der Waals surface area contributed by atoms with Gasteiger partial charge < -0.3 is 15.5 Å². The first kappa shape index (κ1) is 24.5. The molecule has 5 rings (SSSR count). The fourth-order valence-electron chi connectivity index (χ4n) is 8.19. The molecule has 0 aromatic carbocycles. The minimum atomic E-state index is 0.418. The molecule has 2 spiro atoms. The molecule has 5 aliphatic rings. The van der Waals surface area contributed by atoms with Gasteiger partial charge in [0.1, 0.15) is 0 Å². The van der Waals surface area contributed by atoms with Crippen LogP contribution in [0.2, 0.25) is 0 Å². The van der Waals surface area contributed by atoms with E-state index in [0.29, 0.717) is 11.0 Å². The van der Waals surface area contributed by atoms with Crippen molar-refractivity contribution in [2.24, 2.45) is 11.3 Å². The van der Waals surface area contributed by atoms with E-state index in [9.17, 15) is 0 Å². The predicted octanol–water partition coefficient (Wildman–Crippen LogP) is 3.55. The van der Waals surface area contributed by atoms with Crippen LogP contribution in [0.25, 0.3) is 0 Å². The summed E-state index contributed by atoms with van der Waals surface area (Å²) in [5, 5.41) is 7.82. The number of piperidine rings is 1. The zero-order valence-electron chi connectivity index (χ0n) is 22.2. The highest BCUT2D eigenvalue weighted by Crippen LogP contribution is 2.39. The Morgan fingerprint density at radius 3 is 2.21 bits per heavy atom. The van der Waals surface area contributed by atoms with Crippen LogP contribution in [0.3, 0.4) is 0 Å². The van der Waals surface area contributed by atoms with Gasteiger partial charge in [-0.05, 0) is 123 Å². The zero-order valence-corrected chi connectivity index (χ0v) is 22.2. The molecule has 0 aliphatic carbocycles. The minimum Gasteiger partial charge on any atom is -0.316 e. The second kappa shape index (κ2) is 10.0. The number of nitrogens with one attached hydrogen (secondary N) is 2. The molecule has 0 saturated carbocycles. The van der Waals surface area contributed by atoms with E-state index in [0.717, 1.165) is 30.1 Å². The van der Waals surface area contributed by atoms with Crippen LogP contribution in [0.1, 0.15) is 85.5 Å². The number of hydrogen-bond donors (Lipinski definition) is 2. The van der Waals surface area contributed by atoms with Crippen LogP contribution in [-0.4, -0.2) is 96.8 Å². The summed E-state index contributed by atoms with van der Waals surface area (Å²) in [6.45, 7) is 20.1. The van der Waals surface area contributed by atoms with Crippen LogP contribution in [0.5, 0.6) is 0 Å². The van der Waals surface area contributed by atoms with E-state index >= 15 is 0 Å². The van der Waals surface area contributed by atoms with Gasteiger partial charge in [-0.3, -0.25) is 9.80 Å². The van der Waals surface area contributed by atoms with Gasteiger partial charge in [0.25, 0.3) is 0 Å². The van der Waals surface area contributed by atoms with Crippen LogP contribution in [0, 0.1) is 11.3 Å². The van der Waals surface area contributed by atoms with Gasteiger partial charge in [0, 0.05) is 55.9 Å². The molecule has 5 saturated heterocycles. The lowest BCUT2D eigenvalue weighted by Crippen LogP contribution is -2.48. The topological polar surface area (TPSA) is 33.8 Å². The smallest absolute Gasteiger partial charge is 0.0324 e. The molecule has 2 N–H and O–H groups in total. The lowest BCUT2D eigenvalue weighted by Gasteiger charge is -2.37. The third-order valence-corrected chi connectivity index (χ3v) is 10.6. The quantitative estimate of drug-likeness (QED) is 0.609. The van der Waals surface area contributed by atoms with Gasteiger partial charge in [0.2, 0.25) is 0 Å². The van der Waals surface area contributed by atoms with Crippen LogP contribution >= 0.6 is 0 Å². The summed E-state index contributed by atoms with van der Waals surface area (Å²) in [5.41, 5.74) is 1.02. The molecule has 0 aromatic heterocycles. The Balaban J connectivity index is 1.05. The molecule has 0 bridgehead atoms. The SMILES string of the molecule is CC(C)N1CCC(CC(C)N2CCC3(CCC(CC(C)N4CCC5(CCNC5)C4)N3)C2)CC1. The monoisotopic (exact) mass is 459 g/mol. The van der Waals surface area contributed by atoms with Crippen molar-refractivity contribution in [2.45, 2.75) is 115 Å². The number of likely N-dealkylation sites (tertiary alicyclic amines) is 3. The van der Waals surface area contributed by atoms with E-state index in [1.54, 1.807) is 0 Å². The first-order valence-electron chi connectivity index (χ1n) is 14.6. The van der Waals surface area contributed by atoms with Gasteiger partial charge in [0.05, 0.1) is 0 Å². The van der Waals surface area contributed by atoms with E-state index in [2.05, 4.69) is 53.0 Å². The Labute approximate surface area is 204 Å². The Hall–Kier alpha value is -0.200. The molecule has 190 valence electrons. The molecule has 5 nitrogen and oxygen atoms in total. The summed E-state index contributed by atoms with van der Waals surface area (Å²) in [7, 11) is 0. The molecular formula is C28H53N5. The van der Waals surface area contributed by atoms with Crippen molar-refractivity contribution in [3.05, 3.63) is 0 Å². The maximum atomic E-state index is 4.20. The van der Waals surface area contributed by atoms with Gasteiger partial charge in [-0.25, -0.2) is 0 Å². The molecule has 0 amide bonds. The molecule has 5 aliphatic heterocycles. The third kappa shape index (κ3) is 5.48. The fourth-order valence-corrected chi connectivity index (χ4v) is 8.19. The first-order chi connectivity index (χ1) is 15.9. The van der Waals surface area contributed by atoms with Crippen molar-refractivity contribution in [1.29, 1.82) is 0 Å². The summed E-state index contributed by atoms with van der Waals surface area (Å²) in [5.74, 6) is 0.940. The maximum Gasteiger partial charge on any atom is 0.0324 e. The highest BCUT2D eigenvalue weighted by molar-refractivity contribution is 5.06. The summed E-state index contributed by atoms with van der Waals surface area (Å²) >= 11 is 0. The van der Waals surface area contributed by atoms with E-state index < -0.39 is 0 Å². The van der Waals surface area contributed by atoms with E-state index in [-0.39, 0.29) is 0 Å². The number of hydrogen-bond acceptors (Lipinski definition) is 5. The molecule has 5 atom stereocenters. The van der Waals surface area contributed by atoms with Crippen molar-refractivity contribution in [1.82, 2.24) is 25.3 Å². The molecule has 0 aromatic rings. The van der Waals surface area contributed by atoms with Crippen LogP contribution in [-0.2, 0) is 0 Å². The predicted molar refractivity (Wildman–Crippen MR) is 139 cm³/mol. The van der Waals surface area contributed by atoms with Crippen molar-refractivity contribution >= 4 is 0 Å². The Morgan fingerprint density at radius 1 is 0.758 bits per heavy atom. The van der Waals surface area contributed by atoms with Gasteiger partial charge in [0.15, 0.2) is 0 Å². The van der Waals surface area contributed by atoms with Crippen molar-refractivity contribution in [3.63, 3.8) is 0 Å². The average molecular weight is 460 g/mol.